The molecule has 0 radical (unpaired) electrons. The van der Waals surface area contributed by atoms with Gasteiger partial charge in [-0.15, -0.1) is 0 Å². The molecule has 0 saturated heterocycles. The van der Waals surface area contributed by atoms with Crippen molar-refractivity contribution in [1.29, 1.82) is 0 Å². The van der Waals surface area contributed by atoms with Gasteiger partial charge in [0.25, 0.3) is 5.89 Å². The Morgan fingerprint density at radius 3 is 2.58 bits per heavy atom. The van der Waals surface area contributed by atoms with E-state index in [9.17, 15) is 5.11 Å². The van der Waals surface area contributed by atoms with Crippen molar-refractivity contribution in [3.05, 3.63) is 54.1 Å². The van der Waals surface area contributed by atoms with Crippen LogP contribution in [-0.4, -0.2) is 15.2 Å². The highest BCUT2D eigenvalue weighted by molar-refractivity contribution is 5.61. The normalized spacial score (nSPS) is 10.6. The van der Waals surface area contributed by atoms with Crippen LogP contribution in [0.1, 0.15) is 5.56 Å². The van der Waals surface area contributed by atoms with Crippen LogP contribution in [0.4, 0.5) is 0 Å². The molecule has 3 aromatic rings. The molecule has 1 heterocycles. The van der Waals surface area contributed by atoms with E-state index in [1.807, 2.05) is 37.3 Å². The zero-order chi connectivity index (χ0) is 13.2. The predicted octanol–water partition coefficient (Wildman–Crippen LogP) is 3.42. The van der Waals surface area contributed by atoms with Crippen LogP contribution in [0.5, 0.6) is 5.75 Å². The van der Waals surface area contributed by atoms with Gasteiger partial charge in [-0.05, 0) is 31.2 Å². The second kappa shape index (κ2) is 4.57. The van der Waals surface area contributed by atoms with E-state index < -0.39 is 0 Å². The lowest BCUT2D eigenvalue weighted by Gasteiger charge is -1.96. The zero-order valence-corrected chi connectivity index (χ0v) is 10.4. The number of aromatic nitrogens is 2. The topological polar surface area (TPSA) is 59.2 Å². The molecule has 4 nitrogen and oxygen atoms in total. The Bertz CT molecular complexity index is 659. The first kappa shape index (κ1) is 11.5. The van der Waals surface area contributed by atoms with E-state index in [1.165, 1.54) is 0 Å². The van der Waals surface area contributed by atoms with Crippen LogP contribution in [0, 0.1) is 6.92 Å². The van der Waals surface area contributed by atoms with Gasteiger partial charge in [0.15, 0.2) is 0 Å². The third-order valence-electron chi connectivity index (χ3n) is 2.80. The van der Waals surface area contributed by atoms with E-state index in [-0.39, 0.29) is 5.75 Å². The maximum Gasteiger partial charge on any atom is 0.258 e. The Morgan fingerprint density at radius 2 is 1.79 bits per heavy atom. The van der Waals surface area contributed by atoms with Crippen molar-refractivity contribution in [2.24, 2.45) is 0 Å². The summed E-state index contributed by atoms with van der Waals surface area (Å²) < 4.78 is 5.23. The number of aryl methyl sites for hydroxylation is 1. The molecule has 1 N–H and O–H groups in total. The van der Waals surface area contributed by atoms with Crippen molar-refractivity contribution < 1.29 is 9.63 Å². The minimum atomic E-state index is 0.174. The molecule has 2 aromatic carbocycles. The summed E-state index contributed by atoms with van der Waals surface area (Å²) in [5.74, 6) is 1.11. The summed E-state index contributed by atoms with van der Waals surface area (Å²) in [5, 5.41) is 13.4. The number of rotatable bonds is 2. The molecule has 0 amide bonds. The third-order valence-corrected chi connectivity index (χ3v) is 2.80. The predicted molar refractivity (Wildman–Crippen MR) is 71.6 cm³/mol. The lowest BCUT2D eigenvalue weighted by molar-refractivity contribution is 0.431. The minimum Gasteiger partial charge on any atom is -0.508 e. The summed E-state index contributed by atoms with van der Waals surface area (Å²) in [4.78, 5) is 4.34. The van der Waals surface area contributed by atoms with E-state index >= 15 is 0 Å². The van der Waals surface area contributed by atoms with Gasteiger partial charge in [-0.1, -0.05) is 35.0 Å². The number of hydrogen-bond acceptors (Lipinski definition) is 4. The monoisotopic (exact) mass is 252 g/mol. The van der Waals surface area contributed by atoms with Crippen LogP contribution < -0.4 is 0 Å². The summed E-state index contributed by atoms with van der Waals surface area (Å²) in [5.41, 5.74) is 2.75. The first-order valence-electron chi connectivity index (χ1n) is 5.92. The molecule has 0 aliphatic carbocycles. The zero-order valence-electron chi connectivity index (χ0n) is 10.4. The number of aromatic hydroxyl groups is 1. The quantitative estimate of drug-likeness (QED) is 0.759. The first-order valence-corrected chi connectivity index (χ1v) is 5.92. The van der Waals surface area contributed by atoms with Crippen molar-refractivity contribution in [2.45, 2.75) is 6.92 Å². The van der Waals surface area contributed by atoms with Crippen molar-refractivity contribution in [3.63, 3.8) is 0 Å². The molecular formula is C15H12N2O2. The van der Waals surface area contributed by atoms with Gasteiger partial charge in [0.2, 0.25) is 5.82 Å². The van der Waals surface area contributed by atoms with E-state index in [2.05, 4.69) is 10.1 Å². The van der Waals surface area contributed by atoms with Gasteiger partial charge >= 0.3 is 0 Å². The Labute approximate surface area is 110 Å². The molecule has 0 aliphatic heterocycles. The van der Waals surface area contributed by atoms with Gasteiger partial charge in [-0.3, -0.25) is 0 Å². The van der Waals surface area contributed by atoms with Crippen LogP contribution in [-0.2, 0) is 0 Å². The number of phenols is 1. The maximum absolute atomic E-state index is 9.44. The highest BCUT2D eigenvalue weighted by Crippen LogP contribution is 2.24. The van der Waals surface area contributed by atoms with Crippen LogP contribution in [0.15, 0.2) is 53.1 Å². The van der Waals surface area contributed by atoms with Crippen molar-refractivity contribution in [3.8, 4) is 28.6 Å². The fourth-order valence-electron chi connectivity index (χ4n) is 1.88. The molecule has 3 rings (SSSR count). The molecule has 19 heavy (non-hydrogen) atoms. The number of phenolic OH excluding ortho intramolecular Hbond substituents is 1. The van der Waals surface area contributed by atoms with Crippen LogP contribution in [0.25, 0.3) is 22.8 Å². The summed E-state index contributed by atoms with van der Waals surface area (Å²) in [6.45, 7) is 2.01. The molecule has 0 bridgehead atoms. The molecule has 0 atom stereocenters. The average molecular weight is 252 g/mol. The van der Waals surface area contributed by atoms with E-state index in [1.54, 1.807) is 18.2 Å². The summed E-state index contributed by atoms with van der Waals surface area (Å²) >= 11 is 0. The fourth-order valence-corrected chi connectivity index (χ4v) is 1.88. The highest BCUT2D eigenvalue weighted by atomic mass is 16.5. The Balaban J connectivity index is 2.00. The third kappa shape index (κ3) is 2.33. The van der Waals surface area contributed by atoms with Gasteiger partial charge in [0.1, 0.15) is 5.75 Å². The molecule has 4 heteroatoms. The van der Waals surface area contributed by atoms with Crippen LogP contribution >= 0.6 is 0 Å². The Hall–Kier alpha value is -2.62. The molecule has 0 unspecified atom stereocenters. The minimum absolute atomic E-state index is 0.174. The number of hydrogen-bond donors (Lipinski definition) is 1. The van der Waals surface area contributed by atoms with E-state index in [0.29, 0.717) is 17.3 Å². The lowest BCUT2D eigenvalue weighted by Crippen LogP contribution is -1.82. The van der Waals surface area contributed by atoms with Gasteiger partial charge in [0.05, 0.1) is 0 Å². The summed E-state index contributed by atoms with van der Waals surface area (Å²) in [6.07, 6.45) is 0. The second-order valence-corrected chi connectivity index (χ2v) is 4.34. The van der Waals surface area contributed by atoms with Crippen molar-refractivity contribution in [2.75, 3.05) is 0 Å². The van der Waals surface area contributed by atoms with Gasteiger partial charge in [-0.2, -0.15) is 4.98 Å². The summed E-state index contributed by atoms with van der Waals surface area (Å²) in [7, 11) is 0. The molecule has 0 saturated carbocycles. The SMILES string of the molecule is Cc1cccc(-c2noc(-c3cccc(O)c3)n2)c1. The van der Waals surface area contributed by atoms with Gasteiger partial charge in [-0.25, -0.2) is 0 Å². The number of benzene rings is 2. The largest absolute Gasteiger partial charge is 0.508 e. The Kier molecular flexibility index (Phi) is 2.76. The fraction of sp³-hybridized carbons (Fsp3) is 0.0667. The molecular weight excluding hydrogens is 240 g/mol. The van der Waals surface area contributed by atoms with Gasteiger partial charge < -0.3 is 9.63 Å². The molecule has 0 spiro atoms. The van der Waals surface area contributed by atoms with Crippen molar-refractivity contribution >= 4 is 0 Å². The van der Waals surface area contributed by atoms with Crippen molar-refractivity contribution in [1.82, 2.24) is 10.1 Å². The molecule has 1 aromatic heterocycles. The molecule has 94 valence electrons. The number of nitrogens with zero attached hydrogens (tertiary/aromatic N) is 2. The summed E-state index contributed by atoms with van der Waals surface area (Å²) in [6, 6.07) is 14.6. The standard InChI is InChI=1S/C15H12N2O2/c1-10-4-2-5-11(8-10)14-16-15(19-17-14)12-6-3-7-13(18)9-12/h2-9,18H,1H3. The second-order valence-electron chi connectivity index (χ2n) is 4.34. The smallest absolute Gasteiger partial charge is 0.258 e. The average Bonchev–Trinajstić information content (AvgIpc) is 2.88. The Morgan fingerprint density at radius 1 is 1.00 bits per heavy atom. The maximum atomic E-state index is 9.44. The van der Waals surface area contributed by atoms with Crippen LogP contribution in [0.2, 0.25) is 0 Å². The van der Waals surface area contributed by atoms with Gasteiger partial charge in [0, 0.05) is 11.1 Å². The molecule has 0 aliphatic rings. The first-order chi connectivity index (χ1) is 9.22. The van der Waals surface area contributed by atoms with E-state index in [4.69, 9.17) is 4.52 Å². The molecule has 0 fully saturated rings. The van der Waals surface area contributed by atoms with E-state index in [0.717, 1.165) is 11.1 Å². The highest BCUT2D eigenvalue weighted by Gasteiger charge is 2.10. The lowest BCUT2D eigenvalue weighted by atomic mass is 10.1. The van der Waals surface area contributed by atoms with Crippen LogP contribution in [0.3, 0.4) is 0 Å².